The van der Waals surface area contributed by atoms with Crippen LogP contribution in [0.3, 0.4) is 0 Å². The van der Waals surface area contributed by atoms with E-state index in [-0.39, 0.29) is 10.8 Å². The zero-order valence-corrected chi connectivity index (χ0v) is 13.4. The van der Waals surface area contributed by atoms with E-state index < -0.39 is 0 Å². The Morgan fingerprint density at radius 3 is 2.50 bits per heavy atom. The van der Waals surface area contributed by atoms with Crippen molar-refractivity contribution in [3.63, 3.8) is 0 Å². The zero-order valence-electron chi connectivity index (χ0n) is 12.6. The summed E-state index contributed by atoms with van der Waals surface area (Å²) in [5.41, 5.74) is 0.725. The fourth-order valence-corrected chi connectivity index (χ4v) is 3.98. The Morgan fingerprint density at radius 1 is 1.25 bits per heavy atom. The first-order valence-electron chi connectivity index (χ1n) is 7.61. The fourth-order valence-electron chi connectivity index (χ4n) is 3.79. The first-order valence-corrected chi connectivity index (χ1v) is 7.99. The van der Waals surface area contributed by atoms with Crippen LogP contribution in [0.5, 0.6) is 0 Å². The molecule has 20 heavy (non-hydrogen) atoms. The van der Waals surface area contributed by atoms with Crippen molar-refractivity contribution < 1.29 is 4.39 Å². The Kier molecular flexibility index (Phi) is 5.45. The second-order valence-electron chi connectivity index (χ2n) is 6.49. The van der Waals surface area contributed by atoms with Crippen molar-refractivity contribution in [2.45, 2.75) is 45.6 Å². The molecule has 1 aromatic rings. The van der Waals surface area contributed by atoms with Gasteiger partial charge < -0.3 is 5.32 Å². The van der Waals surface area contributed by atoms with Crippen LogP contribution in [0.1, 0.15) is 38.7 Å². The van der Waals surface area contributed by atoms with E-state index in [1.54, 1.807) is 6.07 Å². The summed E-state index contributed by atoms with van der Waals surface area (Å²) in [5.74, 6) is 1.90. The monoisotopic (exact) mass is 297 g/mol. The summed E-state index contributed by atoms with van der Waals surface area (Å²) in [6, 6.07) is 5.62. The summed E-state index contributed by atoms with van der Waals surface area (Å²) in [5, 5.41) is 3.62. The number of halogens is 2. The molecule has 0 aliphatic heterocycles. The van der Waals surface area contributed by atoms with Crippen molar-refractivity contribution in [2.75, 3.05) is 7.05 Å². The van der Waals surface area contributed by atoms with Gasteiger partial charge in [0.15, 0.2) is 0 Å². The summed E-state index contributed by atoms with van der Waals surface area (Å²) in [4.78, 5) is 0. The first-order chi connectivity index (χ1) is 9.51. The molecule has 0 spiro atoms. The maximum Gasteiger partial charge on any atom is 0.145 e. The molecule has 0 radical (unpaired) electrons. The van der Waals surface area contributed by atoms with Crippen LogP contribution < -0.4 is 5.32 Å². The molecule has 3 atom stereocenters. The number of rotatable bonds is 4. The van der Waals surface area contributed by atoms with Gasteiger partial charge in [-0.3, -0.25) is 0 Å². The third kappa shape index (κ3) is 3.73. The van der Waals surface area contributed by atoms with Crippen molar-refractivity contribution in [2.24, 2.45) is 17.8 Å². The van der Waals surface area contributed by atoms with Gasteiger partial charge in [-0.05, 0) is 62.1 Å². The maximum atomic E-state index is 14.1. The second kappa shape index (κ2) is 6.91. The van der Waals surface area contributed by atoms with E-state index in [1.807, 2.05) is 19.2 Å². The van der Waals surface area contributed by atoms with Crippen LogP contribution in [0.4, 0.5) is 4.39 Å². The molecule has 1 aromatic carbocycles. The molecular formula is C17H25ClFN. The molecule has 1 nitrogen and oxygen atoms in total. The SMILES string of the molecule is CNC(Cc1cccc(Cl)c1F)C1CC(C)CC(C)C1. The van der Waals surface area contributed by atoms with Crippen LogP contribution in [-0.2, 0) is 6.42 Å². The number of likely N-dealkylation sites (N-methyl/N-ethyl adjacent to an activating group) is 1. The molecule has 1 N–H and O–H groups in total. The quantitative estimate of drug-likeness (QED) is 0.851. The highest BCUT2D eigenvalue weighted by Crippen LogP contribution is 2.35. The largest absolute Gasteiger partial charge is 0.316 e. The Labute approximate surface area is 126 Å². The third-order valence-corrected chi connectivity index (χ3v) is 4.92. The molecule has 3 heteroatoms. The van der Waals surface area contributed by atoms with E-state index in [2.05, 4.69) is 19.2 Å². The lowest BCUT2D eigenvalue weighted by atomic mass is 9.72. The molecule has 3 unspecified atom stereocenters. The smallest absolute Gasteiger partial charge is 0.145 e. The van der Waals surface area contributed by atoms with Crippen LogP contribution in [0.15, 0.2) is 18.2 Å². The lowest BCUT2D eigenvalue weighted by Crippen LogP contribution is -2.39. The molecular weight excluding hydrogens is 273 g/mol. The number of nitrogens with one attached hydrogen (secondary N) is 1. The lowest BCUT2D eigenvalue weighted by molar-refractivity contribution is 0.179. The average Bonchev–Trinajstić information content (AvgIpc) is 2.39. The maximum absolute atomic E-state index is 14.1. The van der Waals surface area contributed by atoms with Gasteiger partial charge in [-0.15, -0.1) is 0 Å². The molecule has 1 aliphatic rings. The van der Waals surface area contributed by atoms with E-state index in [9.17, 15) is 4.39 Å². The number of benzene rings is 1. The Balaban J connectivity index is 2.10. The average molecular weight is 298 g/mol. The van der Waals surface area contributed by atoms with Crippen molar-refractivity contribution in [3.05, 3.63) is 34.6 Å². The van der Waals surface area contributed by atoms with Crippen molar-refractivity contribution in [3.8, 4) is 0 Å². The van der Waals surface area contributed by atoms with E-state index in [4.69, 9.17) is 11.6 Å². The van der Waals surface area contributed by atoms with Crippen LogP contribution in [0.2, 0.25) is 5.02 Å². The fraction of sp³-hybridized carbons (Fsp3) is 0.647. The Morgan fingerprint density at radius 2 is 1.90 bits per heavy atom. The first kappa shape index (κ1) is 15.8. The molecule has 1 fully saturated rings. The molecule has 0 saturated heterocycles. The lowest BCUT2D eigenvalue weighted by Gasteiger charge is -2.36. The van der Waals surface area contributed by atoms with E-state index in [0.717, 1.165) is 17.4 Å². The summed E-state index contributed by atoms with van der Waals surface area (Å²) >= 11 is 5.88. The van der Waals surface area contributed by atoms with E-state index in [1.165, 1.54) is 19.3 Å². The van der Waals surface area contributed by atoms with E-state index in [0.29, 0.717) is 18.4 Å². The van der Waals surface area contributed by atoms with Gasteiger partial charge in [-0.25, -0.2) is 4.39 Å². The minimum Gasteiger partial charge on any atom is -0.316 e. The Bertz CT molecular complexity index is 439. The summed E-state index contributed by atoms with van der Waals surface area (Å²) < 4.78 is 14.1. The van der Waals surface area contributed by atoms with Gasteiger partial charge >= 0.3 is 0 Å². The van der Waals surface area contributed by atoms with Gasteiger partial charge in [0, 0.05) is 6.04 Å². The number of hydrogen-bond donors (Lipinski definition) is 1. The van der Waals surface area contributed by atoms with Crippen molar-refractivity contribution >= 4 is 11.6 Å². The standard InChI is InChI=1S/C17H25ClFN/c1-11-7-12(2)9-14(8-11)16(20-3)10-13-5-4-6-15(18)17(13)19/h4-6,11-12,14,16,20H,7-10H2,1-3H3. The van der Waals surface area contributed by atoms with Crippen molar-refractivity contribution in [1.82, 2.24) is 5.32 Å². The van der Waals surface area contributed by atoms with Crippen LogP contribution >= 0.6 is 11.6 Å². The normalized spacial score (nSPS) is 28.4. The highest BCUT2D eigenvalue weighted by atomic mass is 35.5. The van der Waals surface area contributed by atoms with Gasteiger partial charge in [0.1, 0.15) is 5.82 Å². The number of hydrogen-bond acceptors (Lipinski definition) is 1. The molecule has 1 aliphatic carbocycles. The van der Waals surface area contributed by atoms with Crippen LogP contribution in [0.25, 0.3) is 0 Å². The highest BCUT2D eigenvalue weighted by molar-refractivity contribution is 6.30. The van der Waals surface area contributed by atoms with Crippen LogP contribution in [-0.4, -0.2) is 13.1 Å². The molecule has 1 saturated carbocycles. The second-order valence-corrected chi connectivity index (χ2v) is 6.90. The summed E-state index contributed by atoms with van der Waals surface area (Å²) in [7, 11) is 1.98. The molecule has 0 amide bonds. The van der Waals surface area contributed by atoms with Gasteiger partial charge in [0.05, 0.1) is 5.02 Å². The molecule has 2 rings (SSSR count). The molecule has 0 heterocycles. The molecule has 112 valence electrons. The molecule has 0 aromatic heterocycles. The van der Waals surface area contributed by atoms with Crippen LogP contribution in [0, 0.1) is 23.6 Å². The minimum atomic E-state index is -0.258. The van der Waals surface area contributed by atoms with Gasteiger partial charge in [0.2, 0.25) is 0 Å². The topological polar surface area (TPSA) is 12.0 Å². The van der Waals surface area contributed by atoms with Gasteiger partial charge in [-0.2, -0.15) is 0 Å². The van der Waals surface area contributed by atoms with Gasteiger partial charge in [0.25, 0.3) is 0 Å². The minimum absolute atomic E-state index is 0.225. The zero-order chi connectivity index (χ0) is 14.7. The summed E-state index contributed by atoms with van der Waals surface area (Å²) in [6.45, 7) is 4.66. The molecule has 0 bridgehead atoms. The Hall–Kier alpha value is -0.600. The predicted molar refractivity (Wildman–Crippen MR) is 83.6 cm³/mol. The van der Waals surface area contributed by atoms with Crippen molar-refractivity contribution in [1.29, 1.82) is 0 Å². The highest BCUT2D eigenvalue weighted by Gasteiger charge is 2.29. The predicted octanol–water partition coefficient (Wildman–Crippen LogP) is 4.68. The van der Waals surface area contributed by atoms with E-state index >= 15 is 0 Å². The van der Waals surface area contributed by atoms with Gasteiger partial charge in [-0.1, -0.05) is 37.6 Å². The third-order valence-electron chi connectivity index (χ3n) is 4.63. The summed E-state index contributed by atoms with van der Waals surface area (Å²) in [6.07, 6.45) is 4.50.